The van der Waals surface area contributed by atoms with E-state index < -0.39 is 0 Å². The van der Waals surface area contributed by atoms with Crippen molar-refractivity contribution >= 4 is 33.9 Å². The first-order valence-electron chi connectivity index (χ1n) is 11.1. The van der Waals surface area contributed by atoms with Gasteiger partial charge in [-0.1, -0.05) is 18.7 Å². The van der Waals surface area contributed by atoms with Crippen molar-refractivity contribution in [3.63, 3.8) is 0 Å². The zero-order valence-electron chi connectivity index (χ0n) is 19.1. The number of ether oxygens (including phenoxy) is 1. The lowest BCUT2D eigenvalue weighted by molar-refractivity contribution is -0.114. The molecule has 4 rings (SSSR count). The third kappa shape index (κ3) is 5.84. The number of hydrogen-bond acceptors (Lipinski definition) is 7. The number of anilines is 3. The number of morpholine rings is 1. The molecule has 0 radical (unpaired) electrons. The Morgan fingerprint density at radius 1 is 1.30 bits per heavy atom. The zero-order valence-corrected chi connectivity index (χ0v) is 19.9. The number of rotatable bonds is 8. The van der Waals surface area contributed by atoms with Crippen LogP contribution >= 0.6 is 11.3 Å². The molecular weight excluding hydrogens is 434 g/mol. The van der Waals surface area contributed by atoms with Gasteiger partial charge in [-0.2, -0.15) is 0 Å². The van der Waals surface area contributed by atoms with Gasteiger partial charge in [-0.05, 0) is 49.8 Å². The zero-order chi connectivity index (χ0) is 23.2. The summed E-state index contributed by atoms with van der Waals surface area (Å²) in [4.78, 5) is 26.8. The maximum Gasteiger partial charge on any atom is 0.250 e. The molecule has 172 valence electrons. The smallest absolute Gasteiger partial charge is 0.250 e. The lowest BCUT2D eigenvalue weighted by Crippen LogP contribution is -2.35. The molecule has 0 saturated carbocycles. The van der Waals surface area contributed by atoms with Crippen molar-refractivity contribution in [1.29, 1.82) is 0 Å². The van der Waals surface area contributed by atoms with Crippen LogP contribution in [0.3, 0.4) is 0 Å². The third-order valence-electron chi connectivity index (χ3n) is 5.46. The van der Waals surface area contributed by atoms with Crippen molar-refractivity contribution in [2.24, 2.45) is 0 Å². The maximum atomic E-state index is 12.3. The fraction of sp³-hybridized carbons (Fsp3) is 0.320. The van der Waals surface area contributed by atoms with Crippen LogP contribution in [0.1, 0.15) is 17.4 Å². The highest BCUT2D eigenvalue weighted by Crippen LogP contribution is 2.28. The summed E-state index contributed by atoms with van der Waals surface area (Å²) in [6.45, 7) is 12.3. The summed E-state index contributed by atoms with van der Waals surface area (Å²) in [5.41, 5.74) is 3.79. The van der Waals surface area contributed by atoms with E-state index in [1.807, 2.05) is 44.3 Å². The molecule has 1 fully saturated rings. The number of nitrogens with zero attached hydrogens (tertiary/aromatic N) is 4. The first kappa shape index (κ1) is 23.1. The van der Waals surface area contributed by atoms with Crippen molar-refractivity contribution in [1.82, 2.24) is 14.9 Å². The monoisotopic (exact) mass is 463 g/mol. The van der Waals surface area contributed by atoms with E-state index >= 15 is 0 Å². The molecule has 0 bridgehead atoms. The van der Waals surface area contributed by atoms with Crippen molar-refractivity contribution in [2.45, 2.75) is 20.4 Å². The van der Waals surface area contributed by atoms with Gasteiger partial charge in [0, 0.05) is 48.5 Å². The molecule has 1 aliphatic heterocycles. The summed E-state index contributed by atoms with van der Waals surface area (Å²) in [7, 11) is 0. The van der Waals surface area contributed by atoms with E-state index in [-0.39, 0.29) is 5.91 Å². The van der Waals surface area contributed by atoms with Crippen LogP contribution in [0, 0.1) is 6.92 Å². The molecule has 3 heterocycles. The number of nitrogens with one attached hydrogen (secondary N) is 1. The molecular formula is C25H29N5O2S. The Bertz CT molecular complexity index is 1120. The minimum absolute atomic E-state index is 0.120. The normalized spacial score (nSPS) is 14.1. The van der Waals surface area contributed by atoms with E-state index in [0.717, 1.165) is 71.2 Å². The molecule has 1 saturated heterocycles. The summed E-state index contributed by atoms with van der Waals surface area (Å²) < 4.78 is 5.50. The van der Waals surface area contributed by atoms with Gasteiger partial charge in [0.2, 0.25) is 5.91 Å². The van der Waals surface area contributed by atoms with Crippen LogP contribution in [0.2, 0.25) is 0 Å². The molecule has 33 heavy (non-hydrogen) atoms. The predicted molar refractivity (Wildman–Crippen MR) is 134 cm³/mol. The van der Waals surface area contributed by atoms with Gasteiger partial charge in [0.15, 0.2) is 5.13 Å². The number of likely N-dealkylation sites (N-methyl/N-ethyl adjacent to an activating group) is 1. The number of thiazole rings is 1. The van der Waals surface area contributed by atoms with Crippen molar-refractivity contribution in [3.8, 4) is 11.3 Å². The maximum absolute atomic E-state index is 12.3. The van der Waals surface area contributed by atoms with Crippen molar-refractivity contribution in [3.05, 3.63) is 65.7 Å². The second-order valence-electron chi connectivity index (χ2n) is 7.87. The van der Waals surface area contributed by atoms with Gasteiger partial charge in [-0.15, -0.1) is 11.3 Å². The number of benzene rings is 1. The molecule has 0 atom stereocenters. The quantitative estimate of drug-likeness (QED) is 0.491. The van der Waals surface area contributed by atoms with Crippen molar-refractivity contribution in [2.75, 3.05) is 43.1 Å². The number of hydrogen-bond donors (Lipinski definition) is 1. The summed E-state index contributed by atoms with van der Waals surface area (Å²) >= 11 is 1.60. The molecule has 7 nitrogen and oxygen atoms in total. The summed E-state index contributed by atoms with van der Waals surface area (Å²) in [5, 5.41) is 4.18. The van der Waals surface area contributed by atoms with Gasteiger partial charge in [0.1, 0.15) is 5.82 Å². The van der Waals surface area contributed by atoms with Gasteiger partial charge in [0.05, 0.1) is 18.9 Å². The SMILES string of the molecule is C=CC(=O)N(CC)c1cccc(-c2cc(CN3CCOCC3)cc(Nc3ncc(C)s3)n2)c1. The summed E-state index contributed by atoms with van der Waals surface area (Å²) in [6, 6.07) is 12.1. The molecule has 3 aromatic rings. The number of carbonyl (C=O) groups is 1. The van der Waals surface area contributed by atoms with Crippen LogP contribution in [0.25, 0.3) is 11.3 Å². The third-order valence-corrected chi connectivity index (χ3v) is 6.29. The van der Waals surface area contributed by atoms with E-state index in [9.17, 15) is 4.79 Å². The second kappa shape index (κ2) is 10.7. The Morgan fingerprint density at radius 3 is 2.82 bits per heavy atom. The molecule has 0 aliphatic carbocycles. The highest BCUT2D eigenvalue weighted by atomic mass is 32.1. The van der Waals surface area contributed by atoms with Crippen LogP contribution in [-0.2, 0) is 16.1 Å². The average Bonchev–Trinajstić information content (AvgIpc) is 3.24. The molecule has 1 amide bonds. The van der Waals surface area contributed by atoms with Gasteiger partial charge >= 0.3 is 0 Å². The molecule has 1 N–H and O–H groups in total. The Hall–Kier alpha value is -3.07. The Kier molecular flexibility index (Phi) is 7.49. The minimum atomic E-state index is -0.120. The molecule has 0 spiro atoms. The lowest BCUT2D eigenvalue weighted by Gasteiger charge is -2.27. The van der Waals surface area contributed by atoms with E-state index in [0.29, 0.717) is 6.54 Å². The fourth-order valence-corrected chi connectivity index (χ4v) is 4.51. The summed E-state index contributed by atoms with van der Waals surface area (Å²) in [6.07, 6.45) is 3.19. The standard InChI is InChI=1S/C25H29N5O2S/c1-4-24(31)30(5-2)21-8-6-7-20(15-21)22-13-19(17-29-9-11-32-12-10-29)14-23(27-22)28-25-26-16-18(3)33-25/h4,6-8,13-16H,1,5,9-12,17H2,2-3H3,(H,26,27,28). The van der Waals surface area contributed by atoms with Crippen molar-refractivity contribution < 1.29 is 9.53 Å². The van der Waals surface area contributed by atoms with E-state index in [1.54, 1.807) is 16.2 Å². The lowest BCUT2D eigenvalue weighted by atomic mass is 10.1. The van der Waals surface area contributed by atoms with Crippen LogP contribution in [0.5, 0.6) is 0 Å². The second-order valence-corrected chi connectivity index (χ2v) is 9.11. The number of amides is 1. The highest BCUT2D eigenvalue weighted by molar-refractivity contribution is 7.15. The van der Waals surface area contributed by atoms with Gasteiger partial charge in [0.25, 0.3) is 0 Å². The fourth-order valence-electron chi connectivity index (χ4n) is 3.84. The van der Waals surface area contributed by atoms with Crippen LogP contribution in [0.15, 0.2) is 55.3 Å². The van der Waals surface area contributed by atoms with E-state index in [4.69, 9.17) is 9.72 Å². The Labute approximate surface area is 198 Å². The van der Waals surface area contributed by atoms with Crippen LogP contribution < -0.4 is 10.2 Å². The number of carbonyl (C=O) groups excluding carboxylic acids is 1. The minimum Gasteiger partial charge on any atom is -0.379 e. The predicted octanol–water partition coefficient (Wildman–Crippen LogP) is 4.63. The highest BCUT2D eigenvalue weighted by Gasteiger charge is 2.15. The number of aryl methyl sites for hydroxylation is 1. The van der Waals surface area contributed by atoms with Crippen LogP contribution in [-0.4, -0.2) is 53.6 Å². The Morgan fingerprint density at radius 2 is 2.12 bits per heavy atom. The van der Waals surface area contributed by atoms with Gasteiger partial charge in [-0.3, -0.25) is 9.69 Å². The topological polar surface area (TPSA) is 70.6 Å². The first-order valence-corrected chi connectivity index (χ1v) is 11.9. The van der Waals surface area contributed by atoms with Gasteiger partial charge < -0.3 is 15.0 Å². The number of aromatic nitrogens is 2. The molecule has 8 heteroatoms. The molecule has 1 aromatic carbocycles. The van der Waals surface area contributed by atoms with Crippen LogP contribution in [0.4, 0.5) is 16.6 Å². The number of pyridine rings is 1. The largest absolute Gasteiger partial charge is 0.379 e. The summed E-state index contributed by atoms with van der Waals surface area (Å²) in [5.74, 6) is 0.634. The van der Waals surface area contributed by atoms with Gasteiger partial charge in [-0.25, -0.2) is 9.97 Å². The average molecular weight is 464 g/mol. The molecule has 1 aliphatic rings. The molecule has 2 aromatic heterocycles. The van der Waals surface area contributed by atoms with E-state index in [1.165, 1.54) is 6.08 Å². The first-order chi connectivity index (χ1) is 16.1. The van der Waals surface area contributed by atoms with E-state index in [2.05, 4.69) is 33.9 Å². The Balaban J connectivity index is 1.69. The molecule has 0 unspecified atom stereocenters.